The Morgan fingerprint density at radius 3 is 3.00 bits per heavy atom. The topological polar surface area (TPSA) is 59.2 Å². The van der Waals surface area contributed by atoms with Crippen molar-refractivity contribution in [3.05, 3.63) is 11.7 Å². The smallest absolute Gasteiger partial charge is 0.236 e. The molecule has 1 atom stereocenters. The van der Waals surface area contributed by atoms with Gasteiger partial charge >= 0.3 is 0 Å². The van der Waals surface area contributed by atoms with E-state index in [1.54, 1.807) is 11.8 Å². The molecule has 6 heteroatoms. The Labute approximate surface area is 89.6 Å². The van der Waals surface area contributed by atoms with Crippen molar-refractivity contribution in [2.45, 2.75) is 24.7 Å². The largest absolute Gasteiger partial charge is 0.340 e. The zero-order chi connectivity index (χ0) is 10.1. The number of aryl methyl sites for hydroxylation is 1. The summed E-state index contributed by atoms with van der Waals surface area (Å²) in [4.78, 5) is 17.2. The van der Waals surface area contributed by atoms with E-state index >= 15 is 0 Å². The molecular weight excluding hydrogens is 250 g/mol. The second-order valence-corrected chi connectivity index (χ2v) is 4.35. The first-order valence-corrected chi connectivity index (χ1v) is 5.30. The molecule has 0 aliphatic carbocycles. The molecule has 0 radical (unpaired) electrons. The van der Waals surface area contributed by atoms with E-state index in [4.69, 9.17) is 4.52 Å². The van der Waals surface area contributed by atoms with Crippen molar-refractivity contribution in [3.63, 3.8) is 0 Å². The van der Waals surface area contributed by atoms with E-state index in [9.17, 15) is 4.79 Å². The minimum atomic E-state index is -0.0458. The van der Waals surface area contributed by atoms with Crippen molar-refractivity contribution >= 4 is 21.8 Å². The van der Waals surface area contributed by atoms with Crippen LogP contribution in [0.4, 0.5) is 0 Å². The number of aromatic nitrogens is 2. The third-order valence-corrected chi connectivity index (χ3v) is 2.98. The molecule has 1 saturated heterocycles. The second kappa shape index (κ2) is 3.68. The SMILES string of the molecule is Cc1nc(CN2CCC(Br)C2=O)no1. The van der Waals surface area contributed by atoms with Gasteiger partial charge in [-0.25, -0.2) is 0 Å². The summed E-state index contributed by atoms with van der Waals surface area (Å²) >= 11 is 3.31. The molecule has 76 valence electrons. The van der Waals surface area contributed by atoms with Crippen LogP contribution in [0.25, 0.3) is 0 Å². The minimum Gasteiger partial charge on any atom is -0.340 e. The lowest BCUT2D eigenvalue weighted by atomic mass is 10.4. The van der Waals surface area contributed by atoms with Crippen LogP contribution in [0.2, 0.25) is 0 Å². The lowest BCUT2D eigenvalue weighted by molar-refractivity contribution is -0.127. The summed E-state index contributed by atoms with van der Waals surface area (Å²) in [5.74, 6) is 1.20. The number of rotatable bonds is 2. The van der Waals surface area contributed by atoms with Crippen molar-refractivity contribution < 1.29 is 9.32 Å². The van der Waals surface area contributed by atoms with Crippen LogP contribution in [-0.4, -0.2) is 32.3 Å². The molecular formula is C8H10BrN3O2. The van der Waals surface area contributed by atoms with Gasteiger partial charge in [-0.15, -0.1) is 0 Å². The Bertz CT molecular complexity index is 352. The lowest BCUT2D eigenvalue weighted by Gasteiger charge is -2.12. The maximum absolute atomic E-state index is 11.5. The number of amides is 1. The number of nitrogens with zero attached hydrogens (tertiary/aromatic N) is 3. The Balaban J connectivity index is 2.02. The van der Waals surface area contributed by atoms with Crippen molar-refractivity contribution in [3.8, 4) is 0 Å². The maximum atomic E-state index is 11.5. The highest BCUT2D eigenvalue weighted by Crippen LogP contribution is 2.19. The number of halogens is 1. The number of hydrogen-bond acceptors (Lipinski definition) is 4. The fraction of sp³-hybridized carbons (Fsp3) is 0.625. The molecule has 0 saturated carbocycles. The number of carbonyl (C=O) groups excluding carboxylic acids is 1. The van der Waals surface area contributed by atoms with E-state index in [0.29, 0.717) is 18.3 Å². The van der Waals surface area contributed by atoms with Gasteiger partial charge in [-0.3, -0.25) is 4.79 Å². The summed E-state index contributed by atoms with van der Waals surface area (Å²) < 4.78 is 4.83. The van der Waals surface area contributed by atoms with Crippen molar-refractivity contribution in [2.75, 3.05) is 6.54 Å². The van der Waals surface area contributed by atoms with Gasteiger partial charge < -0.3 is 9.42 Å². The molecule has 0 bridgehead atoms. The van der Waals surface area contributed by atoms with Crippen LogP contribution >= 0.6 is 15.9 Å². The first-order chi connectivity index (χ1) is 6.66. The van der Waals surface area contributed by atoms with E-state index in [0.717, 1.165) is 13.0 Å². The maximum Gasteiger partial charge on any atom is 0.236 e. The van der Waals surface area contributed by atoms with Gasteiger partial charge in [0, 0.05) is 13.5 Å². The average Bonchev–Trinajstić information content (AvgIpc) is 2.67. The predicted molar refractivity (Wildman–Crippen MR) is 51.8 cm³/mol. The van der Waals surface area contributed by atoms with Crippen molar-refractivity contribution in [2.24, 2.45) is 0 Å². The Morgan fingerprint density at radius 2 is 2.50 bits per heavy atom. The zero-order valence-electron chi connectivity index (χ0n) is 7.73. The molecule has 0 aromatic carbocycles. The van der Waals surface area contributed by atoms with Crippen LogP contribution in [-0.2, 0) is 11.3 Å². The molecule has 5 nitrogen and oxygen atoms in total. The van der Waals surface area contributed by atoms with E-state index in [2.05, 4.69) is 26.1 Å². The van der Waals surface area contributed by atoms with Gasteiger partial charge in [0.25, 0.3) is 0 Å². The summed E-state index contributed by atoms with van der Waals surface area (Å²) in [6.07, 6.45) is 0.843. The third kappa shape index (κ3) is 1.79. The van der Waals surface area contributed by atoms with E-state index < -0.39 is 0 Å². The molecule has 2 rings (SSSR count). The Morgan fingerprint density at radius 1 is 1.71 bits per heavy atom. The van der Waals surface area contributed by atoms with Crippen LogP contribution in [0.5, 0.6) is 0 Å². The summed E-state index contributed by atoms with van der Waals surface area (Å²) in [6, 6.07) is 0. The number of alkyl halides is 1. The van der Waals surface area contributed by atoms with E-state index in [1.807, 2.05) is 0 Å². The molecule has 2 heterocycles. The third-order valence-electron chi connectivity index (χ3n) is 2.13. The van der Waals surface area contributed by atoms with Gasteiger partial charge in [0.1, 0.15) is 0 Å². The van der Waals surface area contributed by atoms with E-state index in [-0.39, 0.29) is 10.7 Å². The van der Waals surface area contributed by atoms with Gasteiger partial charge in [-0.1, -0.05) is 21.1 Å². The molecule has 1 aliphatic heterocycles. The van der Waals surface area contributed by atoms with Gasteiger partial charge in [0.15, 0.2) is 5.82 Å². The quantitative estimate of drug-likeness (QED) is 0.740. The van der Waals surface area contributed by atoms with Crippen LogP contribution in [0.15, 0.2) is 4.52 Å². The second-order valence-electron chi connectivity index (χ2n) is 3.25. The first kappa shape index (κ1) is 9.64. The molecule has 1 aromatic heterocycles. The fourth-order valence-corrected chi connectivity index (χ4v) is 1.93. The normalized spacial score (nSPS) is 22.0. The molecule has 1 aliphatic rings. The highest BCUT2D eigenvalue weighted by molar-refractivity contribution is 9.10. The predicted octanol–water partition coefficient (Wildman–Crippen LogP) is 0.874. The molecule has 1 unspecified atom stereocenters. The monoisotopic (exact) mass is 259 g/mol. The number of hydrogen-bond donors (Lipinski definition) is 0. The standard InChI is InChI=1S/C8H10BrN3O2/c1-5-10-7(11-14-5)4-12-3-2-6(9)8(12)13/h6H,2-4H2,1H3. The highest BCUT2D eigenvalue weighted by Gasteiger charge is 2.30. The first-order valence-electron chi connectivity index (χ1n) is 4.39. The molecule has 0 spiro atoms. The minimum absolute atomic E-state index is 0.0458. The lowest BCUT2D eigenvalue weighted by Crippen LogP contribution is -2.27. The molecule has 0 N–H and O–H groups in total. The number of likely N-dealkylation sites (tertiary alicyclic amines) is 1. The van der Waals surface area contributed by atoms with Gasteiger partial charge in [-0.05, 0) is 6.42 Å². The molecule has 1 fully saturated rings. The summed E-state index contributed by atoms with van der Waals surface area (Å²) in [6.45, 7) is 2.93. The number of carbonyl (C=O) groups is 1. The molecule has 1 aromatic rings. The van der Waals surface area contributed by atoms with Crippen LogP contribution in [0.1, 0.15) is 18.1 Å². The van der Waals surface area contributed by atoms with E-state index in [1.165, 1.54) is 0 Å². The van der Waals surface area contributed by atoms with Crippen LogP contribution in [0.3, 0.4) is 0 Å². The fourth-order valence-electron chi connectivity index (χ4n) is 1.43. The molecule has 1 amide bonds. The Hall–Kier alpha value is -0.910. The van der Waals surface area contributed by atoms with Gasteiger partial charge in [0.05, 0.1) is 11.4 Å². The van der Waals surface area contributed by atoms with Crippen molar-refractivity contribution in [1.82, 2.24) is 15.0 Å². The summed E-state index contributed by atoms with van der Waals surface area (Å²) in [5.41, 5.74) is 0. The van der Waals surface area contributed by atoms with Crippen LogP contribution < -0.4 is 0 Å². The summed E-state index contributed by atoms with van der Waals surface area (Å²) in [7, 11) is 0. The Kier molecular flexibility index (Phi) is 2.54. The van der Waals surface area contributed by atoms with Gasteiger partial charge in [0.2, 0.25) is 11.8 Å². The van der Waals surface area contributed by atoms with Crippen LogP contribution in [0, 0.1) is 6.92 Å². The average molecular weight is 260 g/mol. The summed E-state index contributed by atoms with van der Waals surface area (Å²) in [5, 5.41) is 3.74. The zero-order valence-corrected chi connectivity index (χ0v) is 9.32. The highest BCUT2D eigenvalue weighted by atomic mass is 79.9. The molecule has 14 heavy (non-hydrogen) atoms. The van der Waals surface area contributed by atoms with Crippen molar-refractivity contribution in [1.29, 1.82) is 0 Å². The van der Waals surface area contributed by atoms with Gasteiger partial charge in [-0.2, -0.15) is 4.98 Å².